The van der Waals surface area contributed by atoms with Gasteiger partial charge in [0.05, 0.1) is 12.2 Å². The van der Waals surface area contributed by atoms with Gasteiger partial charge < -0.3 is 20.3 Å². The Morgan fingerprint density at radius 1 is 1.75 bits per heavy atom. The molecule has 16 heavy (non-hydrogen) atoms. The zero-order valence-electron chi connectivity index (χ0n) is 8.63. The van der Waals surface area contributed by atoms with E-state index in [1.807, 2.05) is 0 Å². The van der Waals surface area contributed by atoms with Gasteiger partial charge in [-0.15, -0.1) is 0 Å². The summed E-state index contributed by atoms with van der Waals surface area (Å²) in [5, 5.41) is 28.8. The second-order valence-corrected chi connectivity index (χ2v) is 4.43. The predicted molar refractivity (Wildman–Crippen MR) is 58.9 cm³/mol. The first-order chi connectivity index (χ1) is 7.35. The minimum Gasteiger partial charge on any atom is -0.393 e. The highest BCUT2D eigenvalue weighted by atomic mass is 79.9. The van der Waals surface area contributed by atoms with Crippen molar-refractivity contribution in [3.63, 3.8) is 0 Å². The van der Waals surface area contributed by atoms with Crippen LogP contribution in [0.15, 0.2) is 10.9 Å². The zero-order chi connectivity index (χ0) is 12.3. The fraction of sp³-hybridized carbons (Fsp3) is 0.625. The lowest BCUT2D eigenvalue weighted by Crippen LogP contribution is -2.30. The minimum absolute atomic E-state index is 0.254. The van der Waals surface area contributed by atoms with Gasteiger partial charge in [0.1, 0.15) is 6.20 Å². The predicted octanol–water partition coefficient (Wildman–Crippen LogP) is 0.687. The van der Waals surface area contributed by atoms with E-state index in [0.29, 0.717) is 11.3 Å². The number of rotatable bonds is 5. The fourth-order valence-corrected chi connectivity index (χ4v) is 1.53. The molecule has 1 aromatic heterocycles. The molecular weight excluding hydrogens is 282 g/mol. The van der Waals surface area contributed by atoms with Crippen LogP contribution in [-0.4, -0.2) is 36.9 Å². The van der Waals surface area contributed by atoms with Crippen LogP contribution in [0.5, 0.6) is 0 Å². The molecule has 90 valence electrons. The molecule has 0 aromatic carbocycles. The Morgan fingerprint density at radius 2 is 2.38 bits per heavy atom. The summed E-state index contributed by atoms with van der Waals surface area (Å²) in [5.41, 5.74) is -1.20. The highest BCUT2D eigenvalue weighted by Gasteiger charge is 2.21. The van der Waals surface area contributed by atoms with Crippen molar-refractivity contribution in [1.82, 2.24) is 9.55 Å². The SMILES string of the molecule is C[C@@](O)(CO)CCn1cc([N+](=O)[O-])nc1Br. The highest BCUT2D eigenvalue weighted by Crippen LogP contribution is 2.18. The van der Waals surface area contributed by atoms with Crippen LogP contribution in [0.1, 0.15) is 13.3 Å². The first-order valence-electron chi connectivity index (χ1n) is 4.56. The third kappa shape index (κ3) is 3.26. The quantitative estimate of drug-likeness (QED) is 0.614. The van der Waals surface area contributed by atoms with E-state index in [0.717, 1.165) is 0 Å². The summed E-state index contributed by atoms with van der Waals surface area (Å²) in [5.74, 6) is -0.254. The van der Waals surface area contributed by atoms with E-state index in [2.05, 4.69) is 20.9 Å². The second-order valence-electron chi connectivity index (χ2n) is 3.72. The van der Waals surface area contributed by atoms with E-state index >= 15 is 0 Å². The Balaban J connectivity index is 2.71. The maximum atomic E-state index is 10.4. The number of hydrogen-bond acceptors (Lipinski definition) is 5. The number of nitrogens with zero attached hydrogens (tertiary/aromatic N) is 3. The molecule has 0 radical (unpaired) electrons. The molecule has 0 unspecified atom stereocenters. The topological polar surface area (TPSA) is 101 Å². The minimum atomic E-state index is -1.20. The Bertz CT molecular complexity index is 391. The van der Waals surface area contributed by atoms with Gasteiger partial charge in [0.2, 0.25) is 0 Å². The highest BCUT2D eigenvalue weighted by molar-refractivity contribution is 9.10. The Kier molecular flexibility index (Phi) is 4.00. The van der Waals surface area contributed by atoms with Gasteiger partial charge in [-0.1, -0.05) is 0 Å². The van der Waals surface area contributed by atoms with Crippen molar-refractivity contribution >= 4 is 21.7 Å². The molecule has 1 rings (SSSR count). The third-order valence-electron chi connectivity index (χ3n) is 2.13. The van der Waals surface area contributed by atoms with Gasteiger partial charge in [-0.3, -0.25) is 4.57 Å². The van der Waals surface area contributed by atoms with E-state index < -0.39 is 10.5 Å². The first-order valence-corrected chi connectivity index (χ1v) is 5.35. The van der Waals surface area contributed by atoms with Crippen molar-refractivity contribution in [2.75, 3.05) is 6.61 Å². The molecule has 2 N–H and O–H groups in total. The molecule has 0 saturated carbocycles. The Labute approximate surface area is 100 Å². The molecule has 0 aliphatic heterocycles. The van der Waals surface area contributed by atoms with Crippen LogP contribution in [0.25, 0.3) is 0 Å². The van der Waals surface area contributed by atoms with Crippen LogP contribution in [0, 0.1) is 10.1 Å². The third-order valence-corrected chi connectivity index (χ3v) is 2.77. The summed E-state index contributed by atoms with van der Waals surface area (Å²) in [4.78, 5) is 13.5. The summed E-state index contributed by atoms with van der Waals surface area (Å²) >= 11 is 3.08. The van der Waals surface area contributed by atoms with Crippen molar-refractivity contribution in [2.45, 2.75) is 25.5 Å². The van der Waals surface area contributed by atoms with Crippen molar-refractivity contribution in [2.24, 2.45) is 0 Å². The first kappa shape index (κ1) is 13.1. The number of aliphatic hydroxyl groups excluding tert-OH is 1. The Hall–Kier alpha value is -0.990. The van der Waals surface area contributed by atoms with Crippen molar-refractivity contribution in [3.05, 3.63) is 21.0 Å². The molecule has 0 aliphatic carbocycles. The maximum Gasteiger partial charge on any atom is 0.382 e. The van der Waals surface area contributed by atoms with Crippen molar-refractivity contribution in [3.8, 4) is 0 Å². The van der Waals surface area contributed by atoms with Crippen LogP contribution in [0.4, 0.5) is 5.82 Å². The molecule has 0 fully saturated rings. The van der Waals surface area contributed by atoms with Crippen LogP contribution in [0.2, 0.25) is 0 Å². The van der Waals surface area contributed by atoms with Crippen LogP contribution in [-0.2, 0) is 6.54 Å². The molecule has 1 aromatic rings. The van der Waals surface area contributed by atoms with Gasteiger partial charge in [-0.2, -0.15) is 0 Å². The molecule has 8 heteroatoms. The number of aryl methyl sites for hydroxylation is 1. The smallest absolute Gasteiger partial charge is 0.382 e. The van der Waals surface area contributed by atoms with Gasteiger partial charge in [0, 0.05) is 22.5 Å². The average Bonchev–Trinajstić information content (AvgIpc) is 2.57. The van der Waals surface area contributed by atoms with Crippen LogP contribution < -0.4 is 0 Å². The summed E-state index contributed by atoms with van der Waals surface area (Å²) in [7, 11) is 0. The van der Waals surface area contributed by atoms with Crippen LogP contribution in [0.3, 0.4) is 0 Å². The number of aromatic nitrogens is 2. The molecule has 0 amide bonds. The van der Waals surface area contributed by atoms with Gasteiger partial charge in [0.15, 0.2) is 0 Å². The molecule has 0 aliphatic rings. The average molecular weight is 294 g/mol. The number of halogens is 1. The van der Waals surface area contributed by atoms with Gasteiger partial charge in [-0.25, -0.2) is 0 Å². The summed E-state index contributed by atoms with van der Waals surface area (Å²) in [6, 6.07) is 0. The lowest BCUT2D eigenvalue weighted by atomic mass is 10.0. The van der Waals surface area contributed by atoms with E-state index in [-0.39, 0.29) is 18.8 Å². The standard InChI is InChI=1S/C8H12BrN3O4/c1-8(14,5-13)2-3-11-4-6(12(15)16)10-7(11)9/h4,13-14H,2-3,5H2,1H3/t8-/m0/s1. The van der Waals surface area contributed by atoms with Crippen molar-refractivity contribution < 1.29 is 15.1 Å². The molecular formula is C8H12BrN3O4. The summed E-state index contributed by atoms with van der Waals surface area (Å²) in [6.45, 7) is 1.46. The lowest BCUT2D eigenvalue weighted by Gasteiger charge is -2.19. The molecule has 0 bridgehead atoms. The monoisotopic (exact) mass is 293 g/mol. The van der Waals surface area contributed by atoms with Crippen molar-refractivity contribution in [1.29, 1.82) is 0 Å². The largest absolute Gasteiger partial charge is 0.393 e. The molecule has 7 nitrogen and oxygen atoms in total. The molecule has 0 spiro atoms. The summed E-state index contributed by atoms with van der Waals surface area (Å²) < 4.78 is 1.83. The summed E-state index contributed by atoms with van der Waals surface area (Å²) in [6.07, 6.45) is 1.55. The fourth-order valence-electron chi connectivity index (χ4n) is 1.07. The van der Waals surface area contributed by atoms with Gasteiger partial charge in [-0.05, 0) is 23.3 Å². The number of imidazole rings is 1. The maximum absolute atomic E-state index is 10.4. The zero-order valence-corrected chi connectivity index (χ0v) is 10.2. The number of aliphatic hydroxyl groups is 2. The van der Waals surface area contributed by atoms with Gasteiger partial charge >= 0.3 is 5.82 Å². The van der Waals surface area contributed by atoms with Crippen LogP contribution >= 0.6 is 15.9 Å². The Morgan fingerprint density at radius 3 is 2.81 bits per heavy atom. The molecule has 0 saturated heterocycles. The lowest BCUT2D eigenvalue weighted by molar-refractivity contribution is -0.389. The van der Waals surface area contributed by atoms with E-state index in [9.17, 15) is 15.2 Å². The number of hydrogen-bond donors (Lipinski definition) is 2. The molecule has 1 heterocycles. The van der Waals surface area contributed by atoms with Gasteiger partial charge in [0.25, 0.3) is 4.73 Å². The second kappa shape index (κ2) is 4.89. The van der Waals surface area contributed by atoms with E-state index in [1.165, 1.54) is 17.7 Å². The van der Waals surface area contributed by atoms with E-state index in [1.54, 1.807) is 0 Å². The van der Waals surface area contributed by atoms with E-state index in [4.69, 9.17) is 5.11 Å². The number of nitro groups is 1. The normalized spacial score (nSPS) is 14.8. The molecule has 1 atom stereocenters.